The summed E-state index contributed by atoms with van der Waals surface area (Å²) in [6.45, 7) is 3.54. The minimum absolute atomic E-state index is 0.0712. The standard InChI is InChI=1S/C19H22ClN5O2S/c1-11-10-14(24(2)23-11)18(26)21-12-6-8-25(9-7-12)19-22-16-15(27-3)5-4-13(20)17(16)28-19/h4-5,10,12H,6-9H2,1-3H3,(H,21,26). The van der Waals surface area contributed by atoms with Crippen LogP contribution < -0.4 is 15.0 Å². The highest BCUT2D eigenvalue weighted by molar-refractivity contribution is 7.22. The van der Waals surface area contributed by atoms with Crippen LogP contribution in [-0.4, -0.2) is 46.9 Å². The molecule has 2 aromatic heterocycles. The van der Waals surface area contributed by atoms with E-state index in [1.54, 1.807) is 30.2 Å². The van der Waals surface area contributed by atoms with Gasteiger partial charge in [-0.2, -0.15) is 5.10 Å². The molecule has 9 heteroatoms. The van der Waals surface area contributed by atoms with Gasteiger partial charge in [0.15, 0.2) is 5.13 Å². The first kappa shape index (κ1) is 19.0. The number of fused-ring (bicyclic) bond motifs is 1. The summed E-state index contributed by atoms with van der Waals surface area (Å²) in [4.78, 5) is 19.5. The molecule has 1 aliphatic rings. The molecule has 148 valence electrons. The Morgan fingerprint density at radius 3 is 2.75 bits per heavy atom. The van der Waals surface area contributed by atoms with E-state index in [9.17, 15) is 4.79 Å². The van der Waals surface area contributed by atoms with Crippen molar-refractivity contribution in [1.82, 2.24) is 20.1 Å². The molecule has 0 aliphatic carbocycles. The molecule has 0 bridgehead atoms. The highest BCUT2D eigenvalue weighted by Crippen LogP contribution is 2.39. The third kappa shape index (κ3) is 3.54. The molecule has 0 spiro atoms. The van der Waals surface area contributed by atoms with Gasteiger partial charge in [0.25, 0.3) is 5.91 Å². The molecule has 1 aliphatic heterocycles. The Labute approximate surface area is 172 Å². The van der Waals surface area contributed by atoms with Gasteiger partial charge in [0, 0.05) is 26.2 Å². The third-order valence-electron chi connectivity index (χ3n) is 5.00. The minimum Gasteiger partial charge on any atom is -0.494 e. The van der Waals surface area contributed by atoms with Gasteiger partial charge in [-0.1, -0.05) is 22.9 Å². The number of benzene rings is 1. The molecular formula is C19H22ClN5O2S. The number of piperidine rings is 1. The van der Waals surface area contributed by atoms with Crippen LogP contribution in [0.5, 0.6) is 5.75 Å². The summed E-state index contributed by atoms with van der Waals surface area (Å²) in [6.07, 6.45) is 1.73. The van der Waals surface area contributed by atoms with Gasteiger partial charge in [-0.15, -0.1) is 0 Å². The number of nitrogens with one attached hydrogen (secondary N) is 1. The van der Waals surface area contributed by atoms with Crippen LogP contribution in [0.3, 0.4) is 0 Å². The van der Waals surface area contributed by atoms with Crippen LogP contribution in [0.25, 0.3) is 10.2 Å². The summed E-state index contributed by atoms with van der Waals surface area (Å²) < 4.78 is 7.98. The van der Waals surface area contributed by atoms with Crippen LogP contribution >= 0.6 is 22.9 Å². The van der Waals surface area contributed by atoms with Crippen molar-refractivity contribution in [2.75, 3.05) is 25.1 Å². The molecular weight excluding hydrogens is 398 g/mol. The van der Waals surface area contributed by atoms with E-state index in [0.717, 1.165) is 52.7 Å². The highest BCUT2D eigenvalue weighted by Gasteiger charge is 2.25. The fraction of sp³-hybridized carbons (Fsp3) is 0.421. The number of carbonyl (C=O) groups is 1. The molecule has 1 amide bonds. The number of hydrogen-bond donors (Lipinski definition) is 1. The van der Waals surface area contributed by atoms with Gasteiger partial charge < -0.3 is 15.0 Å². The number of aromatic nitrogens is 3. The van der Waals surface area contributed by atoms with E-state index < -0.39 is 0 Å². The van der Waals surface area contributed by atoms with E-state index in [1.165, 1.54) is 0 Å². The Balaban J connectivity index is 1.43. The van der Waals surface area contributed by atoms with Crippen molar-refractivity contribution < 1.29 is 9.53 Å². The molecule has 0 radical (unpaired) electrons. The average molecular weight is 420 g/mol. The smallest absolute Gasteiger partial charge is 0.269 e. The Morgan fingerprint density at radius 2 is 2.11 bits per heavy atom. The Hall–Kier alpha value is -2.32. The number of aryl methyl sites for hydroxylation is 2. The maximum atomic E-state index is 12.5. The van der Waals surface area contributed by atoms with Gasteiger partial charge in [-0.05, 0) is 38.0 Å². The van der Waals surface area contributed by atoms with Gasteiger partial charge >= 0.3 is 0 Å². The van der Waals surface area contributed by atoms with E-state index in [4.69, 9.17) is 21.3 Å². The topological polar surface area (TPSA) is 72.3 Å². The quantitative estimate of drug-likeness (QED) is 0.701. The van der Waals surface area contributed by atoms with Gasteiger partial charge in [0.2, 0.25) is 0 Å². The van der Waals surface area contributed by atoms with E-state index in [1.807, 2.05) is 25.1 Å². The van der Waals surface area contributed by atoms with E-state index in [0.29, 0.717) is 10.7 Å². The van der Waals surface area contributed by atoms with Crippen molar-refractivity contribution in [1.29, 1.82) is 0 Å². The molecule has 4 rings (SSSR count). The van der Waals surface area contributed by atoms with Crippen LogP contribution in [0.15, 0.2) is 18.2 Å². The molecule has 1 saturated heterocycles. The number of methoxy groups -OCH3 is 1. The van der Waals surface area contributed by atoms with Gasteiger partial charge in [0.05, 0.1) is 22.5 Å². The van der Waals surface area contributed by atoms with Crippen molar-refractivity contribution >= 4 is 44.2 Å². The van der Waals surface area contributed by atoms with E-state index >= 15 is 0 Å². The molecule has 1 aromatic carbocycles. The number of thiazole rings is 1. The van der Waals surface area contributed by atoms with Crippen LogP contribution in [0, 0.1) is 6.92 Å². The van der Waals surface area contributed by atoms with Crippen LogP contribution in [0.1, 0.15) is 29.0 Å². The Bertz CT molecular complexity index is 1020. The largest absolute Gasteiger partial charge is 0.494 e. The van der Waals surface area contributed by atoms with Crippen molar-refractivity contribution in [3.8, 4) is 5.75 Å². The molecule has 1 fully saturated rings. The van der Waals surface area contributed by atoms with Crippen molar-refractivity contribution in [2.45, 2.75) is 25.8 Å². The highest BCUT2D eigenvalue weighted by atomic mass is 35.5. The van der Waals surface area contributed by atoms with Crippen LogP contribution in [0.4, 0.5) is 5.13 Å². The first-order valence-corrected chi connectivity index (χ1v) is 10.3. The Kier molecular flexibility index (Phi) is 5.16. The second kappa shape index (κ2) is 7.60. The summed E-state index contributed by atoms with van der Waals surface area (Å²) in [5, 5.41) is 9.00. The molecule has 28 heavy (non-hydrogen) atoms. The molecule has 0 saturated carbocycles. The molecule has 1 N–H and O–H groups in total. The van der Waals surface area contributed by atoms with Crippen LogP contribution in [-0.2, 0) is 7.05 Å². The zero-order chi connectivity index (χ0) is 19.8. The van der Waals surface area contributed by atoms with Crippen LogP contribution in [0.2, 0.25) is 5.02 Å². The number of hydrogen-bond acceptors (Lipinski definition) is 6. The first-order chi connectivity index (χ1) is 13.5. The molecule has 0 unspecified atom stereocenters. The fourth-order valence-corrected chi connectivity index (χ4v) is 4.85. The monoisotopic (exact) mass is 419 g/mol. The average Bonchev–Trinajstić information content (AvgIpc) is 3.27. The van der Waals surface area contributed by atoms with Gasteiger partial charge in [-0.25, -0.2) is 4.98 Å². The van der Waals surface area contributed by atoms with Crippen molar-refractivity contribution in [3.05, 3.63) is 34.6 Å². The number of rotatable bonds is 4. The second-order valence-electron chi connectivity index (χ2n) is 6.95. The lowest BCUT2D eigenvalue weighted by atomic mass is 10.1. The third-order valence-corrected chi connectivity index (χ3v) is 6.58. The Morgan fingerprint density at radius 1 is 1.36 bits per heavy atom. The van der Waals surface area contributed by atoms with Gasteiger partial charge in [0.1, 0.15) is 17.0 Å². The first-order valence-electron chi connectivity index (χ1n) is 9.15. The summed E-state index contributed by atoms with van der Waals surface area (Å²) in [5.41, 5.74) is 2.23. The van der Waals surface area contributed by atoms with E-state index in [-0.39, 0.29) is 11.9 Å². The SMILES string of the molecule is COc1ccc(Cl)c2sc(N3CCC(NC(=O)c4cc(C)nn4C)CC3)nc12. The number of carbonyl (C=O) groups excluding carboxylic acids is 1. The van der Waals surface area contributed by atoms with Crippen molar-refractivity contribution in [2.24, 2.45) is 7.05 Å². The number of ether oxygens (including phenoxy) is 1. The number of amides is 1. The summed E-state index contributed by atoms with van der Waals surface area (Å²) in [5.74, 6) is 0.661. The summed E-state index contributed by atoms with van der Waals surface area (Å²) in [7, 11) is 3.43. The molecule has 3 aromatic rings. The lowest BCUT2D eigenvalue weighted by Gasteiger charge is -2.32. The predicted octanol–water partition coefficient (Wildman–Crippen LogP) is 3.40. The van der Waals surface area contributed by atoms with E-state index in [2.05, 4.69) is 15.3 Å². The van der Waals surface area contributed by atoms with Gasteiger partial charge in [-0.3, -0.25) is 9.48 Å². The molecule has 3 heterocycles. The summed E-state index contributed by atoms with van der Waals surface area (Å²) >= 11 is 7.91. The molecule has 0 atom stereocenters. The zero-order valence-corrected chi connectivity index (χ0v) is 17.6. The molecule has 7 nitrogen and oxygen atoms in total. The van der Waals surface area contributed by atoms with Crippen molar-refractivity contribution in [3.63, 3.8) is 0 Å². The second-order valence-corrected chi connectivity index (χ2v) is 8.34. The maximum Gasteiger partial charge on any atom is 0.269 e. The lowest BCUT2D eigenvalue weighted by molar-refractivity contribution is 0.0921. The maximum absolute atomic E-state index is 12.5. The number of halogens is 1. The number of nitrogens with zero attached hydrogens (tertiary/aromatic N) is 4. The zero-order valence-electron chi connectivity index (χ0n) is 16.0. The minimum atomic E-state index is -0.0712. The summed E-state index contributed by atoms with van der Waals surface area (Å²) in [6, 6.07) is 5.64. The lowest BCUT2D eigenvalue weighted by Crippen LogP contribution is -2.45. The predicted molar refractivity (Wildman–Crippen MR) is 112 cm³/mol. The number of anilines is 1. The normalized spacial score (nSPS) is 15.2. The fourth-order valence-electron chi connectivity index (χ4n) is 3.54.